The van der Waals surface area contributed by atoms with Crippen LogP contribution in [0.4, 0.5) is 14.5 Å². The minimum Gasteiger partial charge on any atom is -0.366 e. The third kappa shape index (κ3) is 2.50. The smallest absolute Gasteiger partial charge is 0.209 e. The first-order valence-electron chi connectivity index (χ1n) is 7.37. The molecule has 1 aliphatic rings. The number of halogens is 3. The van der Waals surface area contributed by atoms with E-state index in [1.807, 2.05) is 4.90 Å². The van der Waals surface area contributed by atoms with Crippen LogP contribution in [0.5, 0.6) is 0 Å². The summed E-state index contributed by atoms with van der Waals surface area (Å²) in [5, 5.41) is 13.7. The maximum Gasteiger partial charge on any atom is 0.209 e. The second-order valence-electron chi connectivity index (χ2n) is 5.59. The molecule has 0 saturated heterocycles. The van der Waals surface area contributed by atoms with Crippen molar-refractivity contribution in [3.63, 3.8) is 0 Å². The van der Waals surface area contributed by atoms with Crippen LogP contribution in [0.2, 0.25) is 5.02 Å². The first-order valence-corrected chi connectivity index (χ1v) is 7.75. The largest absolute Gasteiger partial charge is 0.366 e. The molecule has 8 heteroatoms. The van der Waals surface area contributed by atoms with Gasteiger partial charge in [-0.1, -0.05) is 23.7 Å². The Kier molecular flexibility index (Phi) is 3.65. The van der Waals surface area contributed by atoms with E-state index >= 15 is 0 Å². The lowest BCUT2D eigenvalue weighted by atomic mass is 10.1. The van der Waals surface area contributed by atoms with Crippen molar-refractivity contribution >= 4 is 17.3 Å². The normalized spacial score (nSPS) is 13.4. The third-order valence-corrected chi connectivity index (χ3v) is 4.37. The number of tetrazole rings is 1. The Morgan fingerprint density at radius 1 is 1.21 bits per heavy atom. The zero-order valence-corrected chi connectivity index (χ0v) is 13.2. The number of H-pyrrole nitrogens is 1. The fourth-order valence-electron chi connectivity index (χ4n) is 3.03. The highest BCUT2D eigenvalue weighted by Gasteiger charge is 2.29. The minimum absolute atomic E-state index is 0.0391. The molecule has 1 aromatic heterocycles. The third-order valence-electron chi connectivity index (χ3n) is 4.09. The Balaban J connectivity index is 1.79. The molecule has 3 aromatic rings. The number of benzene rings is 2. The molecule has 2 aromatic carbocycles. The molecule has 0 saturated carbocycles. The molecular formula is C16H12ClF2N5. The van der Waals surface area contributed by atoms with Crippen molar-refractivity contribution in [1.29, 1.82) is 0 Å². The number of rotatable bonds is 3. The van der Waals surface area contributed by atoms with Gasteiger partial charge in [-0.05, 0) is 41.0 Å². The van der Waals surface area contributed by atoms with E-state index in [-0.39, 0.29) is 22.2 Å². The van der Waals surface area contributed by atoms with Crippen LogP contribution in [0.15, 0.2) is 30.3 Å². The fraction of sp³-hybridized carbons (Fsp3) is 0.188. The van der Waals surface area contributed by atoms with Crippen molar-refractivity contribution in [2.45, 2.75) is 13.0 Å². The van der Waals surface area contributed by atoms with E-state index in [0.29, 0.717) is 18.8 Å². The van der Waals surface area contributed by atoms with Gasteiger partial charge >= 0.3 is 0 Å². The lowest BCUT2D eigenvalue weighted by Crippen LogP contribution is -2.20. The van der Waals surface area contributed by atoms with Crippen molar-refractivity contribution in [3.8, 4) is 11.4 Å². The number of fused-ring (bicyclic) bond motifs is 1. The second-order valence-corrected chi connectivity index (χ2v) is 6.00. The van der Waals surface area contributed by atoms with Crippen LogP contribution in [-0.4, -0.2) is 27.2 Å². The molecular weight excluding hydrogens is 336 g/mol. The van der Waals surface area contributed by atoms with Gasteiger partial charge in [0.2, 0.25) is 5.82 Å². The van der Waals surface area contributed by atoms with Gasteiger partial charge in [0.05, 0.1) is 16.3 Å². The molecule has 122 valence electrons. The summed E-state index contributed by atoms with van der Waals surface area (Å²) in [5.41, 5.74) is 2.82. The zero-order chi connectivity index (χ0) is 16.7. The molecule has 5 nitrogen and oxygen atoms in total. The van der Waals surface area contributed by atoms with Gasteiger partial charge < -0.3 is 4.90 Å². The van der Waals surface area contributed by atoms with Gasteiger partial charge in [0.25, 0.3) is 0 Å². The lowest BCUT2D eigenvalue weighted by molar-refractivity contribution is 0.626. The summed E-state index contributed by atoms with van der Waals surface area (Å²) in [6.07, 6.45) is 0.737. The minimum atomic E-state index is -0.567. The van der Waals surface area contributed by atoms with Crippen molar-refractivity contribution in [3.05, 3.63) is 58.1 Å². The summed E-state index contributed by atoms with van der Waals surface area (Å²) in [4.78, 5) is 2.02. The summed E-state index contributed by atoms with van der Waals surface area (Å²) in [7, 11) is 0. The van der Waals surface area contributed by atoms with E-state index in [0.717, 1.165) is 17.5 Å². The highest BCUT2D eigenvalue weighted by Crippen LogP contribution is 2.42. The monoisotopic (exact) mass is 347 g/mol. The van der Waals surface area contributed by atoms with E-state index in [2.05, 4.69) is 20.6 Å². The number of anilines is 1. The predicted octanol–water partition coefficient (Wildman–Crippen LogP) is 3.36. The van der Waals surface area contributed by atoms with Gasteiger partial charge in [-0.2, -0.15) is 5.21 Å². The fourth-order valence-corrected chi connectivity index (χ4v) is 3.25. The molecule has 0 fully saturated rings. The van der Waals surface area contributed by atoms with Crippen LogP contribution in [-0.2, 0) is 13.0 Å². The summed E-state index contributed by atoms with van der Waals surface area (Å²) < 4.78 is 27.7. The Bertz CT molecular complexity index is 880. The molecule has 0 radical (unpaired) electrons. The van der Waals surface area contributed by atoms with Crippen LogP contribution in [0.3, 0.4) is 0 Å². The van der Waals surface area contributed by atoms with Gasteiger partial charge in [-0.3, -0.25) is 0 Å². The molecule has 0 bridgehead atoms. The van der Waals surface area contributed by atoms with Crippen LogP contribution >= 0.6 is 11.6 Å². The van der Waals surface area contributed by atoms with Crippen LogP contribution in [0.1, 0.15) is 11.1 Å². The molecule has 0 atom stereocenters. The van der Waals surface area contributed by atoms with E-state index in [9.17, 15) is 8.78 Å². The summed E-state index contributed by atoms with van der Waals surface area (Å²) in [6.45, 7) is 1.23. The van der Waals surface area contributed by atoms with Gasteiger partial charge in [0.1, 0.15) is 5.82 Å². The molecule has 1 aliphatic heterocycles. The molecule has 1 N–H and O–H groups in total. The van der Waals surface area contributed by atoms with Crippen LogP contribution in [0.25, 0.3) is 11.4 Å². The summed E-state index contributed by atoms with van der Waals surface area (Å²) in [5.74, 6) is -0.689. The molecule has 0 unspecified atom stereocenters. The average Bonchev–Trinajstić information content (AvgIpc) is 3.22. The Hall–Kier alpha value is -2.54. The first-order chi connectivity index (χ1) is 11.6. The Morgan fingerprint density at radius 2 is 2.00 bits per heavy atom. The maximum atomic E-state index is 14.7. The lowest BCUT2D eigenvalue weighted by Gasteiger charge is -2.22. The van der Waals surface area contributed by atoms with Crippen molar-refractivity contribution in [2.24, 2.45) is 0 Å². The highest BCUT2D eigenvalue weighted by molar-refractivity contribution is 6.31. The topological polar surface area (TPSA) is 57.7 Å². The number of hydrogen-bond acceptors (Lipinski definition) is 4. The Morgan fingerprint density at radius 3 is 2.71 bits per heavy atom. The van der Waals surface area contributed by atoms with Crippen LogP contribution in [0, 0.1) is 11.6 Å². The van der Waals surface area contributed by atoms with E-state index in [4.69, 9.17) is 11.6 Å². The van der Waals surface area contributed by atoms with Crippen LogP contribution < -0.4 is 4.90 Å². The standard InChI is InChI=1S/C16H12ClF2N5/c17-12-7-10-5-6-24(8-9-1-3-11(18)4-2-9)15(10)13(14(12)19)16-20-22-23-21-16/h1-4,7H,5-6,8H2,(H,20,21,22,23). The number of nitrogens with zero attached hydrogens (tertiary/aromatic N) is 4. The van der Waals surface area contributed by atoms with Crippen molar-refractivity contribution in [2.75, 3.05) is 11.4 Å². The summed E-state index contributed by atoms with van der Waals surface area (Å²) >= 11 is 6.02. The number of hydrogen-bond donors (Lipinski definition) is 1. The number of nitrogens with one attached hydrogen (secondary N) is 1. The maximum absolute atomic E-state index is 14.7. The molecule has 0 amide bonds. The highest BCUT2D eigenvalue weighted by atomic mass is 35.5. The van der Waals surface area contributed by atoms with E-state index in [1.54, 1.807) is 18.2 Å². The van der Waals surface area contributed by atoms with Gasteiger partial charge in [-0.25, -0.2) is 8.78 Å². The predicted molar refractivity (Wildman–Crippen MR) is 85.7 cm³/mol. The summed E-state index contributed by atoms with van der Waals surface area (Å²) in [6, 6.07) is 7.89. The molecule has 24 heavy (non-hydrogen) atoms. The van der Waals surface area contributed by atoms with Gasteiger partial charge in [-0.15, -0.1) is 10.2 Å². The van der Waals surface area contributed by atoms with Gasteiger partial charge in [0.15, 0.2) is 5.82 Å². The van der Waals surface area contributed by atoms with Crippen molar-refractivity contribution in [1.82, 2.24) is 20.6 Å². The second kappa shape index (κ2) is 5.83. The number of aromatic amines is 1. The average molecular weight is 348 g/mol. The van der Waals surface area contributed by atoms with Crippen molar-refractivity contribution < 1.29 is 8.78 Å². The molecule has 0 spiro atoms. The molecule has 2 heterocycles. The van der Waals surface area contributed by atoms with Gasteiger partial charge in [0, 0.05) is 13.1 Å². The Labute approximate surface area is 141 Å². The zero-order valence-electron chi connectivity index (χ0n) is 12.4. The van der Waals surface area contributed by atoms with E-state index in [1.165, 1.54) is 12.1 Å². The van der Waals surface area contributed by atoms with E-state index < -0.39 is 5.82 Å². The quantitative estimate of drug-likeness (QED) is 0.789. The molecule has 0 aliphatic carbocycles. The molecule has 4 rings (SSSR count). The first kappa shape index (κ1) is 15.0. The SMILES string of the molecule is Fc1ccc(CN2CCc3cc(Cl)c(F)c(-c4nn[nH]n4)c32)cc1. The number of aromatic nitrogens is 4.